The summed E-state index contributed by atoms with van der Waals surface area (Å²) >= 11 is 0. The molecule has 0 spiro atoms. The number of nitrogens with one attached hydrogen (secondary N) is 1. The molecule has 0 saturated carbocycles. The van der Waals surface area contributed by atoms with Crippen LogP contribution >= 0.6 is 0 Å². The Hall–Kier alpha value is -3.32. The van der Waals surface area contributed by atoms with E-state index in [1.165, 1.54) is 12.3 Å². The first-order valence-electron chi connectivity index (χ1n) is 8.38. The zero-order chi connectivity index (χ0) is 19.1. The molecule has 0 unspecified atom stereocenters. The van der Waals surface area contributed by atoms with E-state index in [0.717, 1.165) is 11.3 Å². The van der Waals surface area contributed by atoms with E-state index in [-0.39, 0.29) is 12.3 Å². The number of halogens is 1. The predicted molar refractivity (Wildman–Crippen MR) is 97.3 cm³/mol. The lowest BCUT2D eigenvalue weighted by molar-refractivity contribution is 0.0219. The van der Waals surface area contributed by atoms with Crippen LogP contribution in [-0.4, -0.2) is 22.5 Å². The van der Waals surface area contributed by atoms with Gasteiger partial charge in [0.15, 0.2) is 0 Å². The standard InChI is InChI=1S/C20H18FN3O3/c1-2-26-16-9-7-14(8-10-16)18-11-22-12-19(23-18)20(25)24-27-13-15-5-3-4-6-17(15)21/h3-12H,2,13H2,1H3,(H,24,25). The Bertz CT molecular complexity index is 916. The predicted octanol–water partition coefficient (Wildman–Crippen LogP) is 3.54. The van der Waals surface area contributed by atoms with Crippen LogP contribution in [0.1, 0.15) is 23.0 Å². The summed E-state index contributed by atoms with van der Waals surface area (Å²) in [6, 6.07) is 13.5. The quantitative estimate of drug-likeness (QED) is 0.647. The van der Waals surface area contributed by atoms with Crippen molar-refractivity contribution in [3.8, 4) is 17.0 Å². The molecule has 0 fully saturated rings. The largest absolute Gasteiger partial charge is 0.494 e. The molecule has 0 aliphatic rings. The molecule has 1 aromatic heterocycles. The number of hydroxylamine groups is 1. The summed E-state index contributed by atoms with van der Waals surface area (Å²) in [5.74, 6) is -0.208. The Labute approximate surface area is 156 Å². The zero-order valence-corrected chi connectivity index (χ0v) is 14.7. The molecule has 0 atom stereocenters. The number of hydrogen-bond acceptors (Lipinski definition) is 5. The van der Waals surface area contributed by atoms with Gasteiger partial charge in [-0.05, 0) is 37.3 Å². The Kier molecular flexibility index (Phi) is 6.06. The van der Waals surface area contributed by atoms with Gasteiger partial charge >= 0.3 is 0 Å². The van der Waals surface area contributed by atoms with Crippen LogP contribution < -0.4 is 10.2 Å². The maximum absolute atomic E-state index is 13.5. The second-order valence-electron chi connectivity index (χ2n) is 5.56. The molecule has 27 heavy (non-hydrogen) atoms. The second-order valence-corrected chi connectivity index (χ2v) is 5.56. The van der Waals surface area contributed by atoms with Crippen LogP contribution in [0.3, 0.4) is 0 Å². The molecule has 0 aliphatic carbocycles. The van der Waals surface area contributed by atoms with Crippen molar-refractivity contribution in [1.82, 2.24) is 15.4 Å². The highest BCUT2D eigenvalue weighted by molar-refractivity contribution is 5.91. The molecule has 6 nitrogen and oxygen atoms in total. The fourth-order valence-corrected chi connectivity index (χ4v) is 2.35. The minimum atomic E-state index is -0.563. The third kappa shape index (κ3) is 4.86. The van der Waals surface area contributed by atoms with E-state index in [4.69, 9.17) is 9.57 Å². The van der Waals surface area contributed by atoms with Crippen molar-refractivity contribution in [3.05, 3.63) is 78.0 Å². The number of carbonyl (C=O) groups excluding carboxylic acids is 1. The lowest BCUT2D eigenvalue weighted by atomic mass is 10.1. The normalized spacial score (nSPS) is 10.4. The van der Waals surface area contributed by atoms with Gasteiger partial charge in [0, 0.05) is 11.1 Å². The van der Waals surface area contributed by atoms with Gasteiger partial charge in [0.1, 0.15) is 23.9 Å². The Morgan fingerprint density at radius 1 is 1.11 bits per heavy atom. The van der Waals surface area contributed by atoms with Gasteiger partial charge in [0.25, 0.3) is 5.91 Å². The molecule has 0 aliphatic heterocycles. The molecule has 3 rings (SSSR count). The highest BCUT2D eigenvalue weighted by Gasteiger charge is 2.11. The highest BCUT2D eigenvalue weighted by atomic mass is 19.1. The average Bonchev–Trinajstić information content (AvgIpc) is 2.70. The van der Waals surface area contributed by atoms with Crippen molar-refractivity contribution >= 4 is 5.91 Å². The second kappa shape index (κ2) is 8.86. The summed E-state index contributed by atoms with van der Waals surface area (Å²) in [7, 11) is 0. The van der Waals surface area contributed by atoms with Gasteiger partial charge in [0.05, 0.1) is 24.7 Å². The minimum Gasteiger partial charge on any atom is -0.494 e. The van der Waals surface area contributed by atoms with Crippen LogP contribution in [0.4, 0.5) is 4.39 Å². The van der Waals surface area contributed by atoms with Crippen molar-refractivity contribution in [2.45, 2.75) is 13.5 Å². The van der Waals surface area contributed by atoms with Crippen LogP contribution in [0, 0.1) is 5.82 Å². The molecular formula is C20H18FN3O3. The number of ether oxygens (including phenoxy) is 1. The van der Waals surface area contributed by atoms with Crippen LogP contribution in [0.2, 0.25) is 0 Å². The summed E-state index contributed by atoms with van der Waals surface area (Å²) < 4.78 is 18.9. The number of nitrogens with zero attached hydrogens (tertiary/aromatic N) is 2. The third-order valence-electron chi connectivity index (χ3n) is 3.68. The van der Waals surface area contributed by atoms with Crippen molar-refractivity contribution in [3.63, 3.8) is 0 Å². The zero-order valence-electron chi connectivity index (χ0n) is 14.7. The van der Waals surface area contributed by atoms with E-state index in [2.05, 4.69) is 15.4 Å². The summed E-state index contributed by atoms with van der Waals surface area (Å²) in [5.41, 5.74) is 4.02. The van der Waals surface area contributed by atoms with Crippen molar-refractivity contribution in [2.24, 2.45) is 0 Å². The third-order valence-corrected chi connectivity index (χ3v) is 3.68. The van der Waals surface area contributed by atoms with Crippen LogP contribution in [-0.2, 0) is 11.4 Å². The van der Waals surface area contributed by atoms with Gasteiger partial charge in [0.2, 0.25) is 0 Å². The molecule has 3 aromatic rings. The number of amides is 1. The van der Waals surface area contributed by atoms with E-state index in [9.17, 15) is 9.18 Å². The lowest BCUT2D eigenvalue weighted by Crippen LogP contribution is -2.25. The van der Waals surface area contributed by atoms with E-state index in [1.54, 1.807) is 24.4 Å². The number of rotatable bonds is 7. The fourth-order valence-electron chi connectivity index (χ4n) is 2.35. The van der Waals surface area contributed by atoms with Crippen molar-refractivity contribution in [1.29, 1.82) is 0 Å². The van der Waals surface area contributed by atoms with Gasteiger partial charge in [-0.25, -0.2) is 14.9 Å². The molecule has 0 saturated heterocycles. The van der Waals surface area contributed by atoms with Crippen LogP contribution in [0.25, 0.3) is 11.3 Å². The molecule has 0 radical (unpaired) electrons. The molecule has 2 aromatic carbocycles. The van der Waals surface area contributed by atoms with Crippen molar-refractivity contribution < 1.29 is 18.8 Å². The SMILES string of the molecule is CCOc1ccc(-c2cncc(C(=O)NOCc3ccccc3F)n2)cc1. The summed E-state index contributed by atoms with van der Waals surface area (Å²) in [6.07, 6.45) is 2.90. The minimum absolute atomic E-state index is 0.0925. The van der Waals surface area contributed by atoms with Crippen molar-refractivity contribution in [2.75, 3.05) is 6.61 Å². The topological polar surface area (TPSA) is 73.3 Å². The first-order chi connectivity index (χ1) is 13.2. The van der Waals surface area contributed by atoms with E-state index in [1.807, 2.05) is 31.2 Å². The maximum Gasteiger partial charge on any atom is 0.295 e. The summed E-state index contributed by atoms with van der Waals surface area (Å²) in [4.78, 5) is 25.6. The first-order valence-corrected chi connectivity index (χ1v) is 8.38. The molecule has 7 heteroatoms. The van der Waals surface area contributed by atoms with E-state index < -0.39 is 11.7 Å². The Morgan fingerprint density at radius 3 is 2.63 bits per heavy atom. The van der Waals surface area contributed by atoms with Gasteiger partial charge in [-0.2, -0.15) is 0 Å². The maximum atomic E-state index is 13.5. The van der Waals surface area contributed by atoms with Gasteiger partial charge < -0.3 is 4.74 Å². The molecular weight excluding hydrogens is 349 g/mol. The molecule has 1 N–H and O–H groups in total. The van der Waals surface area contributed by atoms with Crippen LogP contribution in [0.15, 0.2) is 60.9 Å². The number of aromatic nitrogens is 2. The molecule has 1 heterocycles. The van der Waals surface area contributed by atoms with Gasteiger partial charge in [-0.1, -0.05) is 18.2 Å². The molecule has 138 valence electrons. The Balaban J connectivity index is 1.64. The lowest BCUT2D eigenvalue weighted by Gasteiger charge is -2.08. The van der Waals surface area contributed by atoms with E-state index >= 15 is 0 Å². The first kappa shape index (κ1) is 18.5. The summed E-state index contributed by atoms with van der Waals surface area (Å²) in [5, 5.41) is 0. The Morgan fingerprint density at radius 2 is 1.89 bits per heavy atom. The van der Waals surface area contributed by atoms with Gasteiger partial charge in [-0.3, -0.25) is 14.6 Å². The average molecular weight is 367 g/mol. The van der Waals surface area contributed by atoms with E-state index in [0.29, 0.717) is 17.9 Å². The van der Waals surface area contributed by atoms with Crippen LogP contribution in [0.5, 0.6) is 5.75 Å². The monoisotopic (exact) mass is 367 g/mol. The number of benzene rings is 2. The fraction of sp³-hybridized carbons (Fsp3) is 0.150. The molecule has 0 bridgehead atoms. The number of hydrogen-bond donors (Lipinski definition) is 1. The molecule has 1 amide bonds. The smallest absolute Gasteiger partial charge is 0.295 e. The highest BCUT2D eigenvalue weighted by Crippen LogP contribution is 2.20. The number of carbonyl (C=O) groups is 1. The summed E-state index contributed by atoms with van der Waals surface area (Å²) in [6.45, 7) is 2.40. The van der Waals surface area contributed by atoms with Gasteiger partial charge in [-0.15, -0.1) is 0 Å².